The van der Waals surface area contributed by atoms with Gasteiger partial charge in [0.2, 0.25) is 0 Å². The Labute approximate surface area is 91.8 Å². The SMILES string of the molecule is CCC1CSC2(CCN(CC)CC2)N1. The molecule has 82 valence electrons. The second-order valence-electron chi connectivity index (χ2n) is 4.49. The van der Waals surface area contributed by atoms with Crippen LogP contribution in [0.4, 0.5) is 0 Å². The van der Waals surface area contributed by atoms with E-state index in [4.69, 9.17) is 0 Å². The first-order valence-electron chi connectivity index (χ1n) is 5.92. The lowest BCUT2D eigenvalue weighted by Crippen LogP contribution is -2.50. The Morgan fingerprint density at radius 1 is 1.36 bits per heavy atom. The zero-order chi connectivity index (χ0) is 10.0. The fraction of sp³-hybridized carbons (Fsp3) is 1.00. The Hall–Kier alpha value is 0.270. The minimum Gasteiger partial charge on any atom is -0.303 e. The molecule has 0 aromatic heterocycles. The first-order valence-corrected chi connectivity index (χ1v) is 6.90. The van der Waals surface area contributed by atoms with Crippen LogP contribution in [0.15, 0.2) is 0 Å². The van der Waals surface area contributed by atoms with Gasteiger partial charge in [0.25, 0.3) is 0 Å². The third-order valence-corrected chi connectivity index (χ3v) is 5.28. The molecule has 2 aliphatic rings. The van der Waals surface area contributed by atoms with Crippen molar-refractivity contribution in [3.8, 4) is 0 Å². The van der Waals surface area contributed by atoms with Crippen LogP contribution in [0.3, 0.4) is 0 Å². The third kappa shape index (κ3) is 2.10. The Morgan fingerprint density at radius 3 is 2.57 bits per heavy atom. The zero-order valence-corrected chi connectivity index (χ0v) is 10.2. The molecule has 14 heavy (non-hydrogen) atoms. The number of nitrogens with one attached hydrogen (secondary N) is 1. The highest BCUT2D eigenvalue weighted by molar-refractivity contribution is 8.00. The summed E-state index contributed by atoms with van der Waals surface area (Å²) in [7, 11) is 0. The maximum Gasteiger partial charge on any atom is 0.0672 e. The molecule has 0 amide bonds. The number of piperidine rings is 1. The van der Waals surface area contributed by atoms with E-state index in [9.17, 15) is 0 Å². The van der Waals surface area contributed by atoms with Gasteiger partial charge < -0.3 is 4.90 Å². The van der Waals surface area contributed by atoms with E-state index in [1.165, 1.54) is 44.6 Å². The maximum absolute atomic E-state index is 3.84. The monoisotopic (exact) mass is 214 g/mol. The Kier molecular flexibility index (Phi) is 3.40. The van der Waals surface area contributed by atoms with Crippen molar-refractivity contribution in [1.29, 1.82) is 0 Å². The van der Waals surface area contributed by atoms with E-state index in [-0.39, 0.29) is 0 Å². The van der Waals surface area contributed by atoms with Gasteiger partial charge in [0.15, 0.2) is 0 Å². The van der Waals surface area contributed by atoms with Gasteiger partial charge in [-0.05, 0) is 25.8 Å². The second kappa shape index (κ2) is 4.42. The standard InChI is InChI=1S/C11H22N2S/c1-3-10-9-14-11(12-10)5-7-13(4-2)8-6-11/h10,12H,3-9H2,1-2H3. The Bertz CT molecular complexity index is 188. The van der Waals surface area contributed by atoms with Crippen LogP contribution in [0.2, 0.25) is 0 Å². The molecule has 2 nitrogen and oxygen atoms in total. The van der Waals surface area contributed by atoms with E-state index in [0.717, 1.165) is 6.04 Å². The van der Waals surface area contributed by atoms with Crippen molar-refractivity contribution >= 4 is 11.8 Å². The Morgan fingerprint density at radius 2 is 2.07 bits per heavy atom. The molecule has 2 saturated heterocycles. The summed E-state index contributed by atoms with van der Waals surface area (Å²) in [5.74, 6) is 1.32. The minimum absolute atomic E-state index is 0.451. The van der Waals surface area contributed by atoms with Crippen molar-refractivity contribution in [2.45, 2.75) is 44.0 Å². The number of rotatable bonds is 2. The third-order valence-electron chi connectivity index (χ3n) is 3.63. The van der Waals surface area contributed by atoms with Crippen molar-refractivity contribution < 1.29 is 0 Å². The van der Waals surface area contributed by atoms with Gasteiger partial charge in [-0.15, -0.1) is 11.8 Å². The van der Waals surface area contributed by atoms with Gasteiger partial charge in [-0.1, -0.05) is 13.8 Å². The lowest BCUT2D eigenvalue weighted by Gasteiger charge is -2.38. The molecule has 1 spiro atoms. The van der Waals surface area contributed by atoms with Gasteiger partial charge in [-0.2, -0.15) is 0 Å². The molecule has 0 aromatic carbocycles. The Balaban J connectivity index is 1.87. The number of hydrogen-bond donors (Lipinski definition) is 1. The lowest BCUT2D eigenvalue weighted by atomic mass is 10.0. The van der Waals surface area contributed by atoms with Gasteiger partial charge in [0.05, 0.1) is 4.87 Å². The van der Waals surface area contributed by atoms with Gasteiger partial charge in [0.1, 0.15) is 0 Å². The summed E-state index contributed by atoms with van der Waals surface area (Å²) in [5.41, 5.74) is 0. The average Bonchev–Trinajstić information content (AvgIpc) is 2.63. The minimum atomic E-state index is 0.451. The topological polar surface area (TPSA) is 15.3 Å². The van der Waals surface area contributed by atoms with Gasteiger partial charge >= 0.3 is 0 Å². The van der Waals surface area contributed by atoms with E-state index in [0.29, 0.717) is 4.87 Å². The molecule has 1 unspecified atom stereocenters. The summed E-state index contributed by atoms with van der Waals surface area (Å²) in [4.78, 5) is 3.01. The quantitative estimate of drug-likeness (QED) is 0.756. The number of hydrogen-bond acceptors (Lipinski definition) is 3. The number of nitrogens with zero attached hydrogens (tertiary/aromatic N) is 1. The van der Waals surface area contributed by atoms with E-state index in [1.807, 2.05) is 0 Å². The van der Waals surface area contributed by atoms with Crippen molar-refractivity contribution in [1.82, 2.24) is 10.2 Å². The summed E-state index contributed by atoms with van der Waals surface area (Å²) in [6, 6.07) is 0.771. The van der Waals surface area contributed by atoms with Crippen molar-refractivity contribution in [3.05, 3.63) is 0 Å². The van der Waals surface area contributed by atoms with Crippen molar-refractivity contribution in [2.75, 3.05) is 25.4 Å². The molecule has 0 bridgehead atoms. The molecule has 2 rings (SSSR count). The molecule has 1 atom stereocenters. The van der Waals surface area contributed by atoms with Crippen LogP contribution < -0.4 is 5.32 Å². The van der Waals surface area contributed by atoms with Crippen molar-refractivity contribution in [2.24, 2.45) is 0 Å². The van der Waals surface area contributed by atoms with E-state index in [2.05, 4.69) is 35.8 Å². The van der Waals surface area contributed by atoms with Crippen molar-refractivity contribution in [3.63, 3.8) is 0 Å². The summed E-state index contributed by atoms with van der Waals surface area (Å²) in [6.07, 6.45) is 3.95. The zero-order valence-electron chi connectivity index (χ0n) is 9.38. The fourth-order valence-corrected chi connectivity index (χ4v) is 4.02. The summed E-state index contributed by atoms with van der Waals surface area (Å²) >= 11 is 2.17. The highest BCUT2D eigenvalue weighted by atomic mass is 32.2. The van der Waals surface area contributed by atoms with Crippen LogP contribution in [0.5, 0.6) is 0 Å². The van der Waals surface area contributed by atoms with E-state index < -0.39 is 0 Å². The predicted molar refractivity (Wildman–Crippen MR) is 63.8 cm³/mol. The van der Waals surface area contributed by atoms with Gasteiger partial charge in [-0.25, -0.2) is 0 Å². The normalized spacial score (nSPS) is 32.6. The first kappa shape index (κ1) is 10.8. The predicted octanol–water partition coefficient (Wildman–Crippen LogP) is 1.91. The maximum atomic E-state index is 3.84. The highest BCUT2D eigenvalue weighted by Gasteiger charge is 2.40. The molecule has 2 heterocycles. The summed E-state index contributed by atoms with van der Waals surface area (Å²) in [5, 5.41) is 3.84. The van der Waals surface area contributed by atoms with Crippen LogP contribution in [-0.2, 0) is 0 Å². The fourth-order valence-electron chi connectivity index (χ4n) is 2.45. The molecule has 0 saturated carbocycles. The number of thioether (sulfide) groups is 1. The molecule has 0 aromatic rings. The van der Waals surface area contributed by atoms with Crippen LogP contribution in [0.25, 0.3) is 0 Å². The average molecular weight is 214 g/mol. The highest BCUT2D eigenvalue weighted by Crippen LogP contribution is 2.39. The summed E-state index contributed by atoms with van der Waals surface area (Å²) in [6.45, 7) is 8.35. The van der Waals surface area contributed by atoms with Crippen LogP contribution in [-0.4, -0.2) is 41.2 Å². The molecule has 2 fully saturated rings. The van der Waals surface area contributed by atoms with Gasteiger partial charge in [-0.3, -0.25) is 5.32 Å². The van der Waals surface area contributed by atoms with E-state index >= 15 is 0 Å². The van der Waals surface area contributed by atoms with E-state index in [1.54, 1.807) is 0 Å². The second-order valence-corrected chi connectivity index (χ2v) is 5.89. The first-order chi connectivity index (χ1) is 6.78. The molecule has 0 radical (unpaired) electrons. The van der Waals surface area contributed by atoms with Crippen LogP contribution in [0.1, 0.15) is 33.1 Å². The number of likely N-dealkylation sites (tertiary alicyclic amines) is 1. The largest absolute Gasteiger partial charge is 0.303 e. The summed E-state index contributed by atoms with van der Waals surface area (Å²) < 4.78 is 0. The van der Waals surface area contributed by atoms with Crippen LogP contribution in [0, 0.1) is 0 Å². The molecule has 2 aliphatic heterocycles. The molecule has 0 aliphatic carbocycles. The van der Waals surface area contributed by atoms with Crippen LogP contribution >= 0.6 is 11.8 Å². The van der Waals surface area contributed by atoms with Gasteiger partial charge in [0, 0.05) is 24.9 Å². The molecule has 1 N–H and O–H groups in total. The lowest BCUT2D eigenvalue weighted by molar-refractivity contribution is 0.190. The molecule has 3 heteroatoms. The molecular formula is C11H22N2S. The smallest absolute Gasteiger partial charge is 0.0672 e. The molecular weight excluding hydrogens is 192 g/mol.